The second-order valence-corrected chi connectivity index (χ2v) is 6.58. The minimum atomic E-state index is 0.960. The molecule has 0 aliphatic carbocycles. The average molecular weight is 269 g/mol. The van der Waals surface area contributed by atoms with Gasteiger partial charge in [0.15, 0.2) is 0 Å². The monoisotopic (exact) mass is 268 g/mol. The van der Waals surface area contributed by atoms with E-state index in [4.69, 9.17) is 0 Å². The quantitative estimate of drug-likeness (QED) is 0.288. The molecule has 0 aromatic carbocycles. The zero-order valence-corrected chi connectivity index (χ0v) is 14.3. The minimum absolute atomic E-state index is 0.960. The molecule has 0 heteroatoms. The molecule has 0 nitrogen and oxygen atoms in total. The molecule has 0 aromatic heterocycles. The molecule has 19 heavy (non-hydrogen) atoms. The number of unbranched alkanes of at least 4 members (excludes halogenated alkanes) is 7. The zero-order valence-electron chi connectivity index (χ0n) is 14.3. The van der Waals surface area contributed by atoms with E-state index in [0.29, 0.717) is 0 Å². The van der Waals surface area contributed by atoms with Gasteiger partial charge in [0.2, 0.25) is 0 Å². The highest BCUT2D eigenvalue weighted by atomic mass is 14.2. The normalized spacial score (nSPS) is 14.5. The molecule has 0 rings (SSSR count). The first-order valence-electron chi connectivity index (χ1n) is 9.26. The van der Waals surface area contributed by atoms with Crippen molar-refractivity contribution in [2.24, 2.45) is 11.8 Å². The van der Waals surface area contributed by atoms with Crippen molar-refractivity contribution in [2.45, 2.75) is 111 Å². The Morgan fingerprint density at radius 1 is 0.526 bits per heavy atom. The smallest absolute Gasteiger partial charge is 0.0389 e. The summed E-state index contributed by atoms with van der Waals surface area (Å²) >= 11 is 0. The molecule has 0 aromatic rings. The molecule has 0 N–H and O–H groups in total. The van der Waals surface area contributed by atoms with Crippen molar-refractivity contribution in [2.75, 3.05) is 0 Å². The SMILES string of the molecule is CCCCCCCCCC(C)C(CCC)CCCC. The first kappa shape index (κ1) is 19.0. The van der Waals surface area contributed by atoms with Gasteiger partial charge in [-0.2, -0.15) is 0 Å². The van der Waals surface area contributed by atoms with Gasteiger partial charge in [-0.25, -0.2) is 0 Å². The van der Waals surface area contributed by atoms with Crippen LogP contribution in [0.3, 0.4) is 0 Å². The van der Waals surface area contributed by atoms with Gasteiger partial charge in [-0.05, 0) is 11.8 Å². The second-order valence-electron chi connectivity index (χ2n) is 6.58. The van der Waals surface area contributed by atoms with Crippen LogP contribution < -0.4 is 0 Å². The molecule has 116 valence electrons. The van der Waals surface area contributed by atoms with Gasteiger partial charge in [0.05, 0.1) is 0 Å². The maximum absolute atomic E-state index is 2.51. The van der Waals surface area contributed by atoms with Gasteiger partial charge in [0.25, 0.3) is 0 Å². The predicted molar refractivity (Wildman–Crippen MR) is 89.7 cm³/mol. The fourth-order valence-corrected chi connectivity index (χ4v) is 3.21. The third-order valence-electron chi connectivity index (χ3n) is 4.66. The molecule has 0 spiro atoms. The van der Waals surface area contributed by atoms with Gasteiger partial charge < -0.3 is 0 Å². The molecule has 0 bridgehead atoms. The van der Waals surface area contributed by atoms with E-state index < -0.39 is 0 Å². The lowest BCUT2D eigenvalue weighted by atomic mass is 9.83. The molecule has 0 saturated carbocycles. The van der Waals surface area contributed by atoms with Gasteiger partial charge in [-0.15, -0.1) is 0 Å². The van der Waals surface area contributed by atoms with Crippen molar-refractivity contribution >= 4 is 0 Å². The fraction of sp³-hybridized carbons (Fsp3) is 1.00. The number of rotatable bonds is 14. The number of hydrogen-bond acceptors (Lipinski definition) is 0. The molecular formula is C19H40. The van der Waals surface area contributed by atoms with Gasteiger partial charge in [-0.3, -0.25) is 0 Å². The highest BCUT2D eigenvalue weighted by Crippen LogP contribution is 2.27. The van der Waals surface area contributed by atoms with Crippen molar-refractivity contribution in [3.63, 3.8) is 0 Å². The van der Waals surface area contributed by atoms with E-state index >= 15 is 0 Å². The Morgan fingerprint density at radius 3 is 1.68 bits per heavy atom. The van der Waals surface area contributed by atoms with E-state index in [9.17, 15) is 0 Å². The van der Waals surface area contributed by atoms with Crippen LogP contribution in [0.5, 0.6) is 0 Å². The zero-order chi connectivity index (χ0) is 14.3. The van der Waals surface area contributed by atoms with Crippen molar-refractivity contribution in [3.8, 4) is 0 Å². The lowest BCUT2D eigenvalue weighted by Gasteiger charge is -2.23. The molecule has 0 amide bonds. The first-order valence-corrected chi connectivity index (χ1v) is 9.26. The fourth-order valence-electron chi connectivity index (χ4n) is 3.21. The standard InChI is InChI=1S/C19H40/c1-5-8-10-11-12-13-14-16-18(4)19(15-7-3)17-9-6-2/h18-19H,5-17H2,1-4H3. The first-order chi connectivity index (χ1) is 9.26. The maximum Gasteiger partial charge on any atom is -0.0389 e. The van der Waals surface area contributed by atoms with Crippen LogP contribution in [-0.4, -0.2) is 0 Å². The predicted octanol–water partition coefficient (Wildman–Crippen LogP) is 7.37. The third kappa shape index (κ3) is 11.5. The van der Waals surface area contributed by atoms with Crippen molar-refractivity contribution in [1.82, 2.24) is 0 Å². The lowest BCUT2D eigenvalue weighted by molar-refractivity contribution is 0.282. The summed E-state index contributed by atoms with van der Waals surface area (Å²) in [5, 5.41) is 0. The van der Waals surface area contributed by atoms with E-state index in [1.54, 1.807) is 0 Å². The number of hydrogen-bond donors (Lipinski definition) is 0. The van der Waals surface area contributed by atoms with Gasteiger partial charge in [0.1, 0.15) is 0 Å². The summed E-state index contributed by atoms with van der Waals surface area (Å²) in [6.45, 7) is 9.47. The van der Waals surface area contributed by atoms with E-state index in [-0.39, 0.29) is 0 Å². The Morgan fingerprint density at radius 2 is 1.11 bits per heavy atom. The van der Waals surface area contributed by atoms with Gasteiger partial charge in [-0.1, -0.05) is 111 Å². The highest BCUT2D eigenvalue weighted by molar-refractivity contribution is 4.67. The molecule has 0 aliphatic heterocycles. The van der Waals surface area contributed by atoms with Gasteiger partial charge in [0, 0.05) is 0 Å². The Bertz CT molecular complexity index is 161. The lowest BCUT2D eigenvalue weighted by Crippen LogP contribution is -2.11. The largest absolute Gasteiger partial charge is 0.0654 e. The van der Waals surface area contributed by atoms with Gasteiger partial charge >= 0.3 is 0 Å². The summed E-state index contributed by atoms with van der Waals surface area (Å²) in [5.41, 5.74) is 0. The van der Waals surface area contributed by atoms with Crippen LogP contribution in [0, 0.1) is 11.8 Å². The molecule has 2 atom stereocenters. The van der Waals surface area contributed by atoms with Crippen LogP contribution >= 0.6 is 0 Å². The van der Waals surface area contributed by atoms with Crippen LogP contribution in [0.4, 0.5) is 0 Å². The summed E-state index contributed by atoms with van der Waals surface area (Å²) < 4.78 is 0. The van der Waals surface area contributed by atoms with Crippen LogP contribution in [0.1, 0.15) is 111 Å². The summed E-state index contributed by atoms with van der Waals surface area (Å²) in [6, 6.07) is 0. The minimum Gasteiger partial charge on any atom is -0.0654 e. The average Bonchev–Trinajstić information content (AvgIpc) is 2.42. The van der Waals surface area contributed by atoms with E-state index in [1.807, 2.05) is 0 Å². The molecule has 0 fully saturated rings. The summed E-state index contributed by atoms with van der Waals surface area (Å²) in [7, 11) is 0. The van der Waals surface area contributed by atoms with Crippen LogP contribution in [0.2, 0.25) is 0 Å². The van der Waals surface area contributed by atoms with E-state index in [0.717, 1.165) is 11.8 Å². The Hall–Kier alpha value is 0. The Kier molecular flexibility index (Phi) is 14.4. The Balaban J connectivity index is 3.58. The highest BCUT2D eigenvalue weighted by Gasteiger charge is 2.15. The molecule has 0 aliphatic rings. The van der Waals surface area contributed by atoms with Crippen molar-refractivity contribution < 1.29 is 0 Å². The molecular weight excluding hydrogens is 228 g/mol. The van der Waals surface area contributed by atoms with Crippen LogP contribution in [0.25, 0.3) is 0 Å². The molecule has 2 unspecified atom stereocenters. The summed E-state index contributed by atoms with van der Waals surface area (Å²) in [6.07, 6.45) is 18.7. The third-order valence-corrected chi connectivity index (χ3v) is 4.66. The maximum atomic E-state index is 2.51. The van der Waals surface area contributed by atoms with Crippen molar-refractivity contribution in [3.05, 3.63) is 0 Å². The summed E-state index contributed by atoms with van der Waals surface area (Å²) in [4.78, 5) is 0. The molecule has 0 heterocycles. The summed E-state index contributed by atoms with van der Waals surface area (Å²) in [5.74, 6) is 1.96. The van der Waals surface area contributed by atoms with Crippen LogP contribution in [0.15, 0.2) is 0 Å². The second kappa shape index (κ2) is 14.4. The van der Waals surface area contributed by atoms with Crippen molar-refractivity contribution in [1.29, 1.82) is 0 Å². The van der Waals surface area contributed by atoms with Crippen LogP contribution in [-0.2, 0) is 0 Å². The molecule has 0 radical (unpaired) electrons. The Labute approximate surface area is 123 Å². The molecule has 0 saturated heterocycles. The van der Waals surface area contributed by atoms with E-state index in [2.05, 4.69) is 27.7 Å². The topological polar surface area (TPSA) is 0 Å². The van der Waals surface area contributed by atoms with E-state index in [1.165, 1.54) is 83.5 Å².